The molecule has 2 rings (SSSR count). The van der Waals surface area contributed by atoms with Gasteiger partial charge >= 0.3 is 5.97 Å². The second-order valence-electron chi connectivity index (χ2n) is 4.91. The van der Waals surface area contributed by atoms with Crippen molar-refractivity contribution in [1.29, 1.82) is 0 Å². The van der Waals surface area contributed by atoms with Gasteiger partial charge in [0.05, 0.1) is 6.61 Å². The van der Waals surface area contributed by atoms with Crippen molar-refractivity contribution in [3.63, 3.8) is 0 Å². The van der Waals surface area contributed by atoms with Crippen LogP contribution in [0.4, 0.5) is 0 Å². The van der Waals surface area contributed by atoms with Crippen molar-refractivity contribution in [2.24, 2.45) is 0 Å². The number of ether oxygens (including phenoxy) is 2. The van der Waals surface area contributed by atoms with Crippen molar-refractivity contribution in [3.8, 4) is 11.5 Å². The Bertz CT molecular complexity index is 735. The highest BCUT2D eigenvalue weighted by Gasteiger charge is 2.07. The van der Waals surface area contributed by atoms with E-state index in [9.17, 15) is 9.59 Å². The van der Waals surface area contributed by atoms with Crippen LogP contribution in [0.2, 0.25) is 5.02 Å². The maximum Gasteiger partial charge on any atom is 0.313 e. The fourth-order valence-electron chi connectivity index (χ4n) is 1.92. The van der Waals surface area contributed by atoms with Crippen molar-refractivity contribution < 1.29 is 19.1 Å². The second-order valence-corrected chi connectivity index (χ2v) is 5.35. The molecule has 0 heterocycles. The highest BCUT2D eigenvalue weighted by Crippen LogP contribution is 2.24. The zero-order chi connectivity index (χ0) is 17.4. The van der Waals surface area contributed by atoms with E-state index in [0.29, 0.717) is 16.5 Å². The first-order chi connectivity index (χ1) is 11.6. The Labute approximate surface area is 145 Å². The topological polar surface area (TPSA) is 52.6 Å². The fourth-order valence-corrected chi connectivity index (χ4v) is 2.05. The molecule has 124 valence electrons. The Balaban J connectivity index is 1.99. The molecule has 0 fully saturated rings. The van der Waals surface area contributed by atoms with Crippen LogP contribution < -0.4 is 4.74 Å². The Kier molecular flexibility index (Phi) is 6.58. The van der Waals surface area contributed by atoms with Gasteiger partial charge in [-0.2, -0.15) is 0 Å². The predicted octanol–water partition coefficient (Wildman–Crippen LogP) is 4.67. The van der Waals surface area contributed by atoms with Crippen LogP contribution in [0.25, 0.3) is 6.08 Å². The molecule has 2 aromatic carbocycles. The average Bonchev–Trinajstić information content (AvgIpc) is 2.56. The Hall–Kier alpha value is -2.59. The van der Waals surface area contributed by atoms with Gasteiger partial charge in [0, 0.05) is 5.02 Å². The summed E-state index contributed by atoms with van der Waals surface area (Å²) < 4.78 is 10.5. The van der Waals surface area contributed by atoms with E-state index in [-0.39, 0.29) is 18.8 Å². The summed E-state index contributed by atoms with van der Waals surface area (Å²) >= 11 is 5.84. The molecule has 0 radical (unpaired) electrons. The molecule has 0 saturated heterocycles. The summed E-state index contributed by atoms with van der Waals surface area (Å²) in [5, 5.41) is 0.638. The molecule has 0 saturated carbocycles. The van der Waals surface area contributed by atoms with Crippen LogP contribution >= 0.6 is 11.6 Å². The molecule has 0 bridgehead atoms. The van der Waals surface area contributed by atoms with Crippen molar-refractivity contribution in [2.45, 2.75) is 13.3 Å². The van der Waals surface area contributed by atoms with Crippen LogP contribution in [-0.4, -0.2) is 18.4 Å². The SMILES string of the molecule is CCOC(=O)CC(=O)/C=C/c1cccc(Oc2ccc(Cl)cc2)c1. The van der Waals surface area contributed by atoms with Gasteiger partial charge in [-0.05, 0) is 55.0 Å². The van der Waals surface area contributed by atoms with E-state index >= 15 is 0 Å². The lowest BCUT2D eigenvalue weighted by atomic mass is 10.1. The van der Waals surface area contributed by atoms with Gasteiger partial charge in [0.25, 0.3) is 0 Å². The second kappa shape index (κ2) is 8.89. The molecule has 0 aliphatic carbocycles. The number of carbonyl (C=O) groups excluding carboxylic acids is 2. The van der Waals surface area contributed by atoms with Crippen molar-refractivity contribution in [3.05, 3.63) is 65.2 Å². The van der Waals surface area contributed by atoms with Crippen molar-refractivity contribution >= 4 is 29.4 Å². The minimum Gasteiger partial charge on any atom is -0.466 e. The lowest BCUT2D eigenvalue weighted by Gasteiger charge is -2.06. The van der Waals surface area contributed by atoms with Crippen LogP contribution in [-0.2, 0) is 14.3 Å². The molecule has 0 N–H and O–H groups in total. The molecule has 24 heavy (non-hydrogen) atoms. The standard InChI is InChI=1S/C19H17ClO4/c1-2-23-19(22)13-16(21)9-6-14-4-3-5-18(12-14)24-17-10-7-15(20)8-11-17/h3-12H,2,13H2,1H3/b9-6+. The van der Waals surface area contributed by atoms with E-state index in [1.165, 1.54) is 6.08 Å². The van der Waals surface area contributed by atoms with Gasteiger partial charge in [-0.1, -0.05) is 29.8 Å². The van der Waals surface area contributed by atoms with Crippen LogP contribution in [0.5, 0.6) is 11.5 Å². The number of rotatable bonds is 7. The largest absolute Gasteiger partial charge is 0.466 e. The lowest BCUT2D eigenvalue weighted by Crippen LogP contribution is -2.08. The number of carbonyl (C=O) groups is 2. The van der Waals surface area contributed by atoms with Crippen molar-refractivity contribution in [1.82, 2.24) is 0 Å². The first-order valence-corrected chi connectivity index (χ1v) is 7.84. The van der Waals surface area contributed by atoms with Crippen LogP contribution in [0, 0.1) is 0 Å². The molecule has 0 aromatic heterocycles. The quantitative estimate of drug-likeness (QED) is 0.416. The summed E-state index contributed by atoms with van der Waals surface area (Å²) in [7, 11) is 0. The first-order valence-electron chi connectivity index (χ1n) is 7.47. The number of esters is 1. The zero-order valence-electron chi connectivity index (χ0n) is 13.2. The lowest BCUT2D eigenvalue weighted by molar-refractivity contribution is -0.144. The molecule has 0 aliphatic heterocycles. The summed E-state index contributed by atoms with van der Waals surface area (Å²) in [4.78, 5) is 22.9. The minimum absolute atomic E-state index is 0.259. The molecule has 0 aliphatic rings. The molecule has 0 unspecified atom stereocenters. The van der Waals surface area contributed by atoms with Gasteiger partial charge in [-0.25, -0.2) is 0 Å². The molecule has 5 heteroatoms. The van der Waals surface area contributed by atoms with Gasteiger partial charge in [-0.15, -0.1) is 0 Å². The zero-order valence-corrected chi connectivity index (χ0v) is 14.0. The van der Waals surface area contributed by atoms with E-state index in [4.69, 9.17) is 21.1 Å². The van der Waals surface area contributed by atoms with Crippen LogP contribution in [0.15, 0.2) is 54.6 Å². The number of hydrogen-bond donors (Lipinski definition) is 0. The average molecular weight is 345 g/mol. The summed E-state index contributed by atoms with van der Waals surface area (Å²) in [5.41, 5.74) is 0.790. The monoisotopic (exact) mass is 344 g/mol. The smallest absolute Gasteiger partial charge is 0.313 e. The van der Waals surface area contributed by atoms with E-state index in [1.807, 2.05) is 18.2 Å². The van der Waals surface area contributed by atoms with E-state index < -0.39 is 5.97 Å². The Morgan fingerprint density at radius 3 is 2.54 bits per heavy atom. The summed E-state index contributed by atoms with van der Waals surface area (Å²) in [5.74, 6) is 0.473. The number of ketones is 1. The molecule has 0 spiro atoms. The summed E-state index contributed by atoms with van der Waals surface area (Å²) in [6, 6.07) is 14.3. The first kappa shape index (κ1) is 17.8. The van der Waals surface area contributed by atoms with Gasteiger partial charge in [0.2, 0.25) is 0 Å². The normalized spacial score (nSPS) is 10.6. The third-order valence-corrected chi connectivity index (χ3v) is 3.24. The Morgan fingerprint density at radius 1 is 1.08 bits per heavy atom. The maximum absolute atomic E-state index is 11.7. The predicted molar refractivity (Wildman–Crippen MR) is 93.3 cm³/mol. The van der Waals surface area contributed by atoms with Crippen molar-refractivity contribution in [2.75, 3.05) is 6.61 Å². The van der Waals surface area contributed by atoms with Gasteiger partial charge in [0.1, 0.15) is 17.9 Å². The highest BCUT2D eigenvalue weighted by atomic mass is 35.5. The molecule has 4 nitrogen and oxygen atoms in total. The summed E-state index contributed by atoms with van der Waals surface area (Å²) in [6.45, 7) is 1.96. The van der Waals surface area contributed by atoms with Gasteiger partial charge < -0.3 is 9.47 Å². The van der Waals surface area contributed by atoms with E-state index in [1.54, 1.807) is 43.3 Å². The van der Waals surface area contributed by atoms with Gasteiger partial charge in [0.15, 0.2) is 5.78 Å². The third-order valence-electron chi connectivity index (χ3n) is 2.99. The molecule has 0 amide bonds. The number of halogens is 1. The van der Waals surface area contributed by atoms with Crippen LogP contribution in [0.1, 0.15) is 18.9 Å². The molecular formula is C19H17ClO4. The number of benzene rings is 2. The summed E-state index contributed by atoms with van der Waals surface area (Å²) in [6.07, 6.45) is 2.74. The number of allylic oxidation sites excluding steroid dienone is 1. The molecule has 2 aromatic rings. The fraction of sp³-hybridized carbons (Fsp3) is 0.158. The third kappa shape index (κ3) is 5.89. The Morgan fingerprint density at radius 2 is 1.83 bits per heavy atom. The highest BCUT2D eigenvalue weighted by molar-refractivity contribution is 6.30. The van der Waals surface area contributed by atoms with Crippen LogP contribution in [0.3, 0.4) is 0 Å². The van der Waals surface area contributed by atoms with E-state index in [0.717, 1.165) is 5.56 Å². The van der Waals surface area contributed by atoms with E-state index in [2.05, 4.69) is 0 Å². The van der Waals surface area contributed by atoms with Gasteiger partial charge in [-0.3, -0.25) is 9.59 Å². The maximum atomic E-state index is 11.7. The number of hydrogen-bond acceptors (Lipinski definition) is 4. The molecular weight excluding hydrogens is 328 g/mol. The minimum atomic E-state index is -0.521. The molecule has 0 atom stereocenters.